The van der Waals surface area contributed by atoms with Crippen molar-refractivity contribution in [2.45, 2.75) is 44.2 Å². The number of rotatable bonds is 8. The van der Waals surface area contributed by atoms with Crippen LogP contribution in [0.25, 0.3) is 0 Å². The van der Waals surface area contributed by atoms with Gasteiger partial charge in [0.05, 0.1) is 30.9 Å². The monoisotopic (exact) mass is 474 g/mol. The number of benzene rings is 3. The number of nitrogens with two attached hydrogens (primary N) is 1. The van der Waals surface area contributed by atoms with Crippen LogP contribution in [0.4, 0.5) is 5.69 Å². The number of hydrogen-bond acceptors (Lipinski definition) is 6. The molecule has 182 valence electrons. The predicted molar refractivity (Wildman–Crippen MR) is 134 cm³/mol. The van der Waals surface area contributed by atoms with Crippen molar-refractivity contribution < 1.29 is 23.8 Å². The summed E-state index contributed by atoms with van der Waals surface area (Å²) in [4.78, 5) is 24.4. The second kappa shape index (κ2) is 11.5. The molecule has 1 fully saturated rings. The highest BCUT2D eigenvalue weighted by Crippen LogP contribution is 2.27. The van der Waals surface area contributed by atoms with Gasteiger partial charge in [0, 0.05) is 6.04 Å². The molecule has 1 aliphatic rings. The topological polar surface area (TPSA) is 99.9 Å². The number of carbonyl (C=O) groups excluding carboxylic acids is 2. The first kappa shape index (κ1) is 24.3. The first-order valence-electron chi connectivity index (χ1n) is 11.8. The predicted octanol–water partition coefficient (Wildman–Crippen LogP) is 5.10. The molecule has 0 heterocycles. The molecule has 0 atom stereocenters. The minimum absolute atomic E-state index is 0.161. The summed E-state index contributed by atoms with van der Waals surface area (Å²) in [6.07, 6.45) is 4.37. The molecule has 0 aliphatic heterocycles. The van der Waals surface area contributed by atoms with Crippen LogP contribution in [-0.4, -0.2) is 31.1 Å². The fraction of sp³-hybridized carbons (Fsp3) is 0.286. The molecule has 7 nitrogen and oxygen atoms in total. The first-order valence-corrected chi connectivity index (χ1v) is 11.8. The fourth-order valence-electron chi connectivity index (χ4n) is 4.06. The molecule has 4 rings (SSSR count). The van der Waals surface area contributed by atoms with Crippen LogP contribution in [0.15, 0.2) is 72.8 Å². The van der Waals surface area contributed by atoms with Crippen molar-refractivity contribution in [3.63, 3.8) is 0 Å². The Bertz CT molecular complexity index is 1140. The van der Waals surface area contributed by atoms with E-state index in [2.05, 4.69) is 5.32 Å². The van der Waals surface area contributed by atoms with Crippen LogP contribution >= 0.6 is 0 Å². The van der Waals surface area contributed by atoms with Gasteiger partial charge in [0.1, 0.15) is 17.2 Å². The largest absolute Gasteiger partial charge is 0.490 e. The van der Waals surface area contributed by atoms with Crippen molar-refractivity contribution in [1.82, 2.24) is 0 Å². The molecular weight excluding hydrogens is 444 g/mol. The number of amides is 1. The Hall–Kier alpha value is -3.84. The van der Waals surface area contributed by atoms with E-state index in [1.807, 2.05) is 48.5 Å². The molecular formula is C28H30N2O5. The van der Waals surface area contributed by atoms with Crippen LogP contribution in [-0.2, 0) is 16.0 Å². The van der Waals surface area contributed by atoms with Gasteiger partial charge in [-0.05, 0) is 79.8 Å². The van der Waals surface area contributed by atoms with Gasteiger partial charge in [-0.15, -0.1) is 0 Å². The highest BCUT2D eigenvalue weighted by molar-refractivity contribution is 6.01. The van der Waals surface area contributed by atoms with E-state index in [9.17, 15) is 9.59 Å². The standard InChI is InChI=1S/C28H30N2O5/c1-33-28(32)25-4-2-3-5-26(25)30-27(31)18-19-6-10-21(11-7-19)34-23-14-16-24(17-15-23)35-22-12-8-20(29)9-13-22/h2-7,10-11,14-17,20,22H,8-9,12-13,18,29H2,1H3,(H,30,31)/t20-,22+. The van der Waals surface area contributed by atoms with E-state index in [1.54, 1.807) is 24.3 Å². The Morgan fingerprint density at radius 3 is 2.11 bits per heavy atom. The Balaban J connectivity index is 1.29. The lowest BCUT2D eigenvalue weighted by Gasteiger charge is -2.26. The molecule has 0 saturated heterocycles. The summed E-state index contributed by atoms with van der Waals surface area (Å²) in [7, 11) is 1.31. The van der Waals surface area contributed by atoms with Crippen molar-refractivity contribution >= 4 is 17.6 Å². The number of hydrogen-bond donors (Lipinski definition) is 2. The molecule has 1 saturated carbocycles. The minimum Gasteiger partial charge on any atom is -0.490 e. The van der Waals surface area contributed by atoms with Crippen LogP contribution in [0.3, 0.4) is 0 Å². The number of methoxy groups -OCH3 is 1. The van der Waals surface area contributed by atoms with Crippen molar-refractivity contribution in [3.8, 4) is 17.2 Å². The SMILES string of the molecule is COC(=O)c1ccccc1NC(=O)Cc1ccc(Oc2ccc(O[C@H]3CC[C@@H](N)CC3)cc2)cc1. The molecule has 3 aromatic rings. The smallest absolute Gasteiger partial charge is 0.339 e. The number of esters is 1. The normalized spacial score (nSPS) is 17.3. The van der Waals surface area contributed by atoms with Gasteiger partial charge in [-0.3, -0.25) is 4.79 Å². The van der Waals surface area contributed by atoms with E-state index < -0.39 is 5.97 Å². The van der Waals surface area contributed by atoms with E-state index in [0.717, 1.165) is 37.0 Å². The Morgan fingerprint density at radius 2 is 1.46 bits per heavy atom. The number of ether oxygens (including phenoxy) is 3. The fourth-order valence-corrected chi connectivity index (χ4v) is 4.06. The summed E-state index contributed by atoms with van der Waals surface area (Å²) in [5, 5.41) is 2.78. The molecule has 3 N–H and O–H groups in total. The van der Waals surface area contributed by atoms with E-state index in [1.165, 1.54) is 7.11 Å². The lowest BCUT2D eigenvalue weighted by molar-refractivity contribution is -0.115. The van der Waals surface area contributed by atoms with Crippen molar-refractivity contribution in [2.24, 2.45) is 5.73 Å². The summed E-state index contributed by atoms with van der Waals surface area (Å²) >= 11 is 0. The molecule has 0 aromatic heterocycles. The van der Waals surface area contributed by atoms with Crippen LogP contribution < -0.4 is 20.5 Å². The lowest BCUT2D eigenvalue weighted by atomic mass is 9.94. The Labute approximate surface area is 205 Å². The maximum Gasteiger partial charge on any atom is 0.339 e. The molecule has 1 aliphatic carbocycles. The van der Waals surface area contributed by atoms with Crippen LogP contribution in [0.5, 0.6) is 17.2 Å². The molecule has 0 spiro atoms. The number of nitrogens with one attached hydrogen (secondary N) is 1. The van der Waals surface area contributed by atoms with Gasteiger partial charge in [0.15, 0.2) is 0 Å². The third-order valence-corrected chi connectivity index (χ3v) is 5.98. The van der Waals surface area contributed by atoms with Gasteiger partial charge in [-0.1, -0.05) is 24.3 Å². The lowest BCUT2D eigenvalue weighted by Crippen LogP contribution is -2.31. The molecule has 35 heavy (non-hydrogen) atoms. The maximum atomic E-state index is 12.5. The molecule has 7 heteroatoms. The zero-order valence-corrected chi connectivity index (χ0v) is 19.7. The number of para-hydroxylation sites is 1. The summed E-state index contributed by atoms with van der Waals surface area (Å²) in [5.74, 6) is 1.47. The second-order valence-corrected chi connectivity index (χ2v) is 8.63. The average molecular weight is 475 g/mol. The average Bonchev–Trinajstić information content (AvgIpc) is 2.87. The van der Waals surface area contributed by atoms with Gasteiger partial charge in [0.25, 0.3) is 0 Å². The minimum atomic E-state index is -0.499. The summed E-state index contributed by atoms with van der Waals surface area (Å²) in [6, 6.07) is 21.9. The van der Waals surface area contributed by atoms with Crippen molar-refractivity contribution in [3.05, 3.63) is 83.9 Å². The van der Waals surface area contributed by atoms with Gasteiger partial charge in [0.2, 0.25) is 5.91 Å². The van der Waals surface area contributed by atoms with Crippen molar-refractivity contribution in [1.29, 1.82) is 0 Å². The van der Waals surface area contributed by atoms with Gasteiger partial charge < -0.3 is 25.3 Å². The quantitative estimate of drug-likeness (QED) is 0.441. The Morgan fingerprint density at radius 1 is 0.857 bits per heavy atom. The number of carbonyl (C=O) groups is 2. The van der Waals surface area contributed by atoms with Crippen molar-refractivity contribution in [2.75, 3.05) is 12.4 Å². The van der Waals surface area contributed by atoms with Crippen LogP contribution in [0, 0.1) is 0 Å². The molecule has 3 aromatic carbocycles. The third-order valence-electron chi connectivity index (χ3n) is 5.98. The molecule has 1 amide bonds. The van der Waals surface area contributed by atoms with E-state index in [0.29, 0.717) is 28.8 Å². The first-order chi connectivity index (χ1) is 17.0. The summed E-state index contributed by atoms with van der Waals surface area (Å²) in [5.41, 5.74) is 7.51. The zero-order valence-electron chi connectivity index (χ0n) is 19.7. The van der Waals surface area contributed by atoms with Gasteiger partial charge in [-0.25, -0.2) is 4.79 Å². The van der Waals surface area contributed by atoms with Crippen LogP contribution in [0.2, 0.25) is 0 Å². The van der Waals surface area contributed by atoms with E-state index in [-0.39, 0.29) is 18.4 Å². The second-order valence-electron chi connectivity index (χ2n) is 8.63. The van der Waals surface area contributed by atoms with Crippen LogP contribution in [0.1, 0.15) is 41.6 Å². The van der Waals surface area contributed by atoms with E-state index in [4.69, 9.17) is 19.9 Å². The van der Waals surface area contributed by atoms with Gasteiger partial charge in [-0.2, -0.15) is 0 Å². The third kappa shape index (κ3) is 6.83. The maximum absolute atomic E-state index is 12.5. The molecule has 0 bridgehead atoms. The summed E-state index contributed by atoms with van der Waals surface area (Å²) < 4.78 is 16.7. The van der Waals surface area contributed by atoms with Gasteiger partial charge >= 0.3 is 5.97 Å². The zero-order chi connectivity index (χ0) is 24.6. The highest BCUT2D eigenvalue weighted by atomic mass is 16.5. The number of anilines is 1. The molecule has 0 radical (unpaired) electrons. The van der Waals surface area contributed by atoms with E-state index >= 15 is 0 Å². The molecule has 0 unspecified atom stereocenters. The Kier molecular flexibility index (Phi) is 8.00. The summed E-state index contributed by atoms with van der Waals surface area (Å²) in [6.45, 7) is 0. The highest BCUT2D eigenvalue weighted by Gasteiger charge is 2.19.